The molecule has 1 aliphatic rings. The van der Waals surface area contributed by atoms with Crippen molar-refractivity contribution in [2.45, 2.75) is 4.90 Å². The summed E-state index contributed by atoms with van der Waals surface area (Å²) < 4.78 is 32.5. The second kappa shape index (κ2) is 5.99. The average Bonchev–Trinajstić information content (AvgIpc) is 2.38. The summed E-state index contributed by atoms with van der Waals surface area (Å²) in [5.74, 6) is 0.728. The summed E-state index contributed by atoms with van der Waals surface area (Å²) >= 11 is 0. The van der Waals surface area contributed by atoms with Gasteiger partial charge in [-0.1, -0.05) is 0 Å². The minimum atomic E-state index is -3.47. The van der Waals surface area contributed by atoms with Gasteiger partial charge in [0.05, 0.1) is 17.1 Å². The van der Waals surface area contributed by atoms with E-state index in [1.807, 2.05) is 30.9 Å². The first-order valence-electron chi connectivity index (χ1n) is 6.52. The Bertz CT molecular complexity index is 572. The SMILES string of the molecule is CN(C)CCNS(=O)(=O)c1ccc2c(c1)N(C)CCO2. The Hall–Kier alpha value is -1.31. The number of nitrogens with zero attached hydrogens (tertiary/aromatic N) is 2. The first kappa shape index (κ1) is 15.1. The molecular formula is C13H21N3O3S. The molecule has 0 fully saturated rings. The quantitative estimate of drug-likeness (QED) is 0.850. The van der Waals surface area contributed by atoms with Gasteiger partial charge in [0.15, 0.2) is 0 Å². The monoisotopic (exact) mass is 299 g/mol. The van der Waals surface area contributed by atoms with E-state index in [2.05, 4.69) is 4.72 Å². The molecule has 0 atom stereocenters. The number of benzene rings is 1. The molecule has 112 valence electrons. The molecule has 1 aromatic rings. The van der Waals surface area contributed by atoms with Crippen LogP contribution in [-0.4, -0.2) is 60.7 Å². The summed E-state index contributed by atoms with van der Waals surface area (Å²) in [4.78, 5) is 4.20. The highest BCUT2D eigenvalue weighted by atomic mass is 32.2. The number of likely N-dealkylation sites (N-methyl/N-ethyl adjacent to an activating group) is 2. The topological polar surface area (TPSA) is 61.9 Å². The minimum Gasteiger partial charge on any atom is -0.490 e. The van der Waals surface area contributed by atoms with E-state index in [0.29, 0.717) is 19.7 Å². The fourth-order valence-electron chi connectivity index (χ4n) is 1.98. The molecule has 0 amide bonds. The van der Waals surface area contributed by atoms with E-state index >= 15 is 0 Å². The molecule has 1 N–H and O–H groups in total. The maximum atomic E-state index is 12.2. The van der Waals surface area contributed by atoms with E-state index in [0.717, 1.165) is 18.0 Å². The maximum absolute atomic E-state index is 12.2. The predicted octanol–water partition coefficient (Wildman–Crippen LogP) is 0.355. The number of ether oxygens (including phenoxy) is 1. The van der Waals surface area contributed by atoms with Crippen LogP contribution in [0, 0.1) is 0 Å². The molecule has 1 aliphatic heterocycles. The van der Waals surface area contributed by atoms with Crippen LogP contribution in [0.5, 0.6) is 5.75 Å². The third-order valence-electron chi connectivity index (χ3n) is 3.19. The smallest absolute Gasteiger partial charge is 0.240 e. The molecule has 0 aliphatic carbocycles. The van der Waals surface area contributed by atoms with Crippen molar-refractivity contribution in [3.63, 3.8) is 0 Å². The normalized spacial score (nSPS) is 15.1. The summed E-state index contributed by atoms with van der Waals surface area (Å²) in [6.07, 6.45) is 0. The standard InChI is InChI=1S/C13H21N3O3S/c1-15(2)7-6-14-20(17,18)11-4-5-13-12(10-11)16(3)8-9-19-13/h4-5,10,14H,6-9H2,1-3H3. The van der Waals surface area contributed by atoms with E-state index < -0.39 is 10.0 Å². The van der Waals surface area contributed by atoms with Crippen LogP contribution in [0.4, 0.5) is 5.69 Å². The van der Waals surface area contributed by atoms with Crippen LogP contribution in [-0.2, 0) is 10.0 Å². The van der Waals surface area contributed by atoms with Crippen molar-refractivity contribution in [1.82, 2.24) is 9.62 Å². The lowest BCUT2D eigenvalue weighted by molar-refractivity contribution is 0.311. The van der Waals surface area contributed by atoms with Crippen LogP contribution >= 0.6 is 0 Å². The Kier molecular flexibility index (Phi) is 4.52. The van der Waals surface area contributed by atoms with Gasteiger partial charge in [-0.25, -0.2) is 13.1 Å². The Morgan fingerprint density at radius 1 is 1.40 bits per heavy atom. The average molecular weight is 299 g/mol. The first-order chi connectivity index (χ1) is 9.40. The highest BCUT2D eigenvalue weighted by Crippen LogP contribution is 2.32. The molecule has 0 bridgehead atoms. The lowest BCUT2D eigenvalue weighted by Crippen LogP contribution is -2.32. The lowest BCUT2D eigenvalue weighted by Gasteiger charge is -2.28. The zero-order valence-corrected chi connectivity index (χ0v) is 12.9. The van der Waals surface area contributed by atoms with Crippen LogP contribution in [0.15, 0.2) is 23.1 Å². The number of rotatable bonds is 5. The van der Waals surface area contributed by atoms with Crippen LogP contribution in [0.3, 0.4) is 0 Å². The molecular weight excluding hydrogens is 278 g/mol. The van der Waals surface area contributed by atoms with Gasteiger partial charge in [-0.3, -0.25) is 0 Å². The zero-order valence-electron chi connectivity index (χ0n) is 12.1. The van der Waals surface area contributed by atoms with Crippen LogP contribution in [0.25, 0.3) is 0 Å². The molecule has 1 heterocycles. The maximum Gasteiger partial charge on any atom is 0.240 e. The number of hydrogen-bond acceptors (Lipinski definition) is 5. The summed E-state index contributed by atoms with van der Waals surface area (Å²) in [7, 11) is 2.26. The molecule has 6 nitrogen and oxygen atoms in total. The van der Waals surface area contributed by atoms with Gasteiger partial charge in [0, 0.05) is 20.1 Å². The molecule has 1 aromatic carbocycles. The second-order valence-corrected chi connectivity index (χ2v) is 6.87. The number of nitrogens with one attached hydrogen (secondary N) is 1. The first-order valence-corrected chi connectivity index (χ1v) is 8.01. The summed E-state index contributed by atoms with van der Waals surface area (Å²) in [5, 5.41) is 0. The molecule has 20 heavy (non-hydrogen) atoms. The summed E-state index contributed by atoms with van der Waals surface area (Å²) in [6.45, 7) is 2.42. The van der Waals surface area contributed by atoms with Crippen molar-refractivity contribution in [2.24, 2.45) is 0 Å². The van der Waals surface area contributed by atoms with Gasteiger partial charge < -0.3 is 14.5 Å². The molecule has 0 spiro atoms. The summed E-state index contributed by atoms with van der Waals surface area (Å²) in [5.41, 5.74) is 0.812. The van der Waals surface area contributed by atoms with Crippen LogP contribution < -0.4 is 14.4 Å². The third kappa shape index (κ3) is 3.41. The van der Waals surface area contributed by atoms with Crippen molar-refractivity contribution in [2.75, 3.05) is 52.3 Å². The van der Waals surface area contributed by atoms with Crippen molar-refractivity contribution < 1.29 is 13.2 Å². The van der Waals surface area contributed by atoms with E-state index in [1.165, 1.54) is 0 Å². The molecule has 7 heteroatoms. The number of sulfonamides is 1. The van der Waals surface area contributed by atoms with Gasteiger partial charge in [0.2, 0.25) is 10.0 Å². The van der Waals surface area contributed by atoms with E-state index in [4.69, 9.17) is 4.74 Å². The van der Waals surface area contributed by atoms with Gasteiger partial charge in [0.25, 0.3) is 0 Å². The Morgan fingerprint density at radius 2 is 2.15 bits per heavy atom. The second-order valence-electron chi connectivity index (χ2n) is 5.10. The number of fused-ring (bicyclic) bond motifs is 1. The van der Waals surface area contributed by atoms with Crippen molar-refractivity contribution >= 4 is 15.7 Å². The Morgan fingerprint density at radius 3 is 2.85 bits per heavy atom. The minimum absolute atomic E-state index is 0.271. The fraction of sp³-hybridized carbons (Fsp3) is 0.538. The third-order valence-corrected chi connectivity index (χ3v) is 4.65. The highest BCUT2D eigenvalue weighted by molar-refractivity contribution is 7.89. The number of anilines is 1. The molecule has 0 aromatic heterocycles. The van der Waals surface area contributed by atoms with Crippen LogP contribution in [0.1, 0.15) is 0 Å². The van der Waals surface area contributed by atoms with Gasteiger partial charge in [0.1, 0.15) is 12.4 Å². The lowest BCUT2D eigenvalue weighted by atomic mass is 10.2. The van der Waals surface area contributed by atoms with E-state index in [9.17, 15) is 8.42 Å². The van der Waals surface area contributed by atoms with Gasteiger partial charge in [-0.2, -0.15) is 0 Å². The van der Waals surface area contributed by atoms with Crippen molar-refractivity contribution in [3.8, 4) is 5.75 Å². The number of hydrogen-bond donors (Lipinski definition) is 1. The van der Waals surface area contributed by atoms with Gasteiger partial charge >= 0.3 is 0 Å². The van der Waals surface area contributed by atoms with E-state index in [-0.39, 0.29) is 4.90 Å². The molecule has 0 saturated carbocycles. The van der Waals surface area contributed by atoms with Gasteiger partial charge in [-0.15, -0.1) is 0 Å². The summed E-state index contributed by atoms with van der Waals surface area (Å²) in [6, 6.07) is 4.95. The molecule has 0 unspecified atom stereocenters. The van der Waals surface area contributed by atoms with E-state index in [1.54, 1.807) is 18.2 Å². The van der Waals surface area contributed by atoms with Crippen LogP contribution in [0.2, 0.25) is 0 Å². The van der Waals surface area contributed by atoms with Gasteiger partial charge in [-0.05, 0) is 32.3 Å². The van der Waals surface area contributed by atoms with Crippen molar-refractivity contribution in [3.05, 3.63) is 18.2 Å². The Balaban J connectivity index is 2.18. The molecule has 0 radical (unpaired) electrons. The predicted molar refractivity (Wildman–Crippen MR) is 78.9 cm³/mol. The Labute approximate surface area is 120 Å². The highest BCUT2D eigenvalue weighted by Gasteiger charge is 2.20. The largest absolute Gasteiger partial charge is 0.490 e. The molecule has 0 saturated heterocycles. The fourth-order valence-corrected chi connectivity index (χ4v) is 3.03. The molecule has 2 rings (SSSR count). The van der Waals surface area contributed by atoms with Crippen molar-refractivity contribution in [1.29, 1.82) is 0 Å². The zero-order chi connectivity index (χ0) is 14.8.